The highest BCUT2D eigenvalue weighted by Gasteiger charge is 2.23. The van der Waals surface area contributed by atoms with Gasteiger partial charge in [-0.25, -0.2) is 0 Å². The zero-order chi connectivity index (χ0) is 7.14. The van der Waals surface area contributed by atoms with Crippen LogP contribution in [0.3, 0.4) is 0 Å². The second-order valence-corrected chi connectivity index (χ2v) is 4.87. The van der Waals surface area contributed by atoms with E-state index in [4.69, 9.17) is 0 Å². The van der Waals surface area contributed by atoms with Crippen LogP contribution in [0.25, 0.3) is 0 Å². The summed E-state index contributed by atoms with van der Waals surface area (Å²) in [6.07, 6.45) is 0.621. The number of carbonyl (C=O) groups excluding carboxylic acids is 1. The van der Waals surface area contributed by atoms with Gasteiger partial charge in [-0.05, 0) is 27.7 Å². The van der Waals surface area contributed by atoms with Gasteiger partial charge in [0.05, 0.1) is 6.42 Å². The lowest BCUT2D eigenvalue weighted by Crippen LogP contribution is -1.83. The summed E-state index contributed by atoms with van der Waals surface area (Å²) in [4.78, 5) is 13.2. The van der Waals surface area contributed by atoms with E-state index in [0.717, 1.165) is 9.37 Å². The van der Waals surface area contributed by atoms with Crippen LogP contribution in [-0.2, 0) is 11.2 Å². The molecule has 1 nitrogen and oxygen atoms in total. The third-order valence-electron chi connectivity index (χ3n) is 1.30. The maximum atomic E-state index is 10.9. The zero-order valence-electron chi connectivity index (χ0n) is 4.89. The summed E-state index contributed by atoms with van der Waals surface area (Å²) in [6.45, 7) is 0. The van der Waals surface area contributed by atoms with Crippen LogP contribution in [0.5, 0.6) is 0 Å². The Bertz CT molecular complexity index is 292. The van der Waals surface area contributed by atoms with Crippen molar-refractivity contribution < 1.29 is 4.79 Å². The van der Waals surface area contributed by atoms with Gasteiger partial charge in [-0.2, -0.15) is 0 Å². The maximum Gasteiger partial charge on any atom is 0.199 e. The van der Waals surface area contributed by atoms with Crippen molar-refractivity contribution in [3.8, 4) is 0 Å². The second-order valence-electron chi connectivity index (χ2n) is 1.99. The molecule has 0 saturated carbocycles. The highest BCUT2D eigenvalue weighted by atomic mass is 79.9. The molecular formula is C6H3BrOS2. The van der Waals surface area contributed by atoms with E-state index in [1.54, 1.807) is 11.3 Å². The van der Waals surface area contributed by atoms with E-state index in [-0.39, 0.29) is 5.12 Å². The van der Waals surface area contributed by atoms with Crippen LogP contribution >= 0.6 is 39.0 Å². The molecule has 10 heavy (non-hydrogen) atoms. The third-order valence-corrected chi connectivity index (χ3v) is 4.64. The summed E-state index contributed by atoms with van der Waals surface area (Å²) in [5, 5.41) is 2.30. The number of hydrogen-bond donors (Lipinski definition) is 0. The summed E-state index contributed by atoms with van der Waals surface area (Å²) in [6, 6.07) is 0. The molecule has 1 aromatic rings. The molecular weight excluding hydrogens is 232 g/mol. The largest absolute Gasteiger partial charge is 0.286 e. The van der Waals surface area contributed by atoms with E-state index in [2.05, 4.69) is 15.9 Å². The van der Waals surface area contributed by atoms with Crippen molar-refractivity contribution >= 4 is 44.1 Å². The third kappa shape index (κ3) is 0.946. The Kier molecular flexibility index (Phi) is 1.62. The number of fused-ring (bicyclic) bond motifs is 1. The Hall–Kier alpha value is 0.200. The summed E-state index contributed by atoms with van der Waals surface area (Å²) < 4.78 is 1.07. The molecule has 0 amide bonds. The lowest BCUT2D eigenvalue weighted by Gasteiger charge is -1.84. The van der Waals surface area contributed by atoms with E-state index < -0.39 is 0 Å². The minimum atomic E-state index is 0.266. The van der Waals surface area contributed by atoms with Gasteiger partial charge >= 0.3 is 0 Å². The Labute approximate surface area is 74.9 Å². The molecule has 0 radical (unpaired) electrons. The number of rotatable bonds is 0. The SMILES string of the molecule is O=C1Cc2scc(Br)c2S1. The summed E-state index contributed by atoms with van der Waals surface area (Å²) in [5.41, 5.74) is 0. The molecule has 0 aromatic carbocycles. The van der Waals surface area contributed by atoms with Crippen molar-refractivity contribution in [3.05, 3.63) is 14.7 Å². The number of thioether (sulfide) groups is 1. The Morgan fingerprint density at radius 3 is 3.10 bits per heavy atom. The number of thiophene rings is 1. The fourth-order valence-corrected chi connectivity index (χ4v) is 3.78. The van der Waals surface area contributed by atoms with Gasteiger partial charge in [-0.3, -0.25) is 4.79 Å². The van der Waals surface area contributed by atoms with E-state index in [9.17, 15) is 4.79 Å². The smallest absolute Gasteiger partial charge is 0.199 e. The Balaban J connectivity index is 2.53. The zero-order valence-corrected chi connectivity index (χ0v) is 8.11. The number of halogens is 1. The molecule has 4 heteroatoms. The van der Waals surface area contributed by atoms with Crippen molar-refractivity contribution in [2.75, 3.05) is 0 Å². The van der Waals surface area contributed by atoms with Gasteiger partial charge < -0.3 is 0 Å². The summed E-state index contributed by atoms with van der Waals surface area (Å²) >= 11 is 6.38. The van der Waals surface area contributed by atoms with Crippen LogP contribution in [-0.4, -0.2) is 5.12 Å². The molecule has 2 heterocycles. The lowest BCUT2D eigenvalue weighted by atomic mass is 10.4. The number of hydrogen-bond acceptors (Lipinski definition) is 3. The minimum Gasteiger partial charge on any atom is -0.286 e. The van der Waals surface area contributed by atoms with Gasteiger partial charge in [0, 0.05) is 19.6 Å². The first kappa shape index (κ1) is 6.88. The molecule has 2 rings (SSSR count). The molecule has 1 aliphatic rings. The van der Waals surface area contributed by atoms with Gasteiger partial charge in [-0.1, -0.05) is 0 Å². The molecule has 0 bridgehead atoms. The predicted molar refractivity (Wildman–Crippen MR) is 46.6 cm³/mol. The number of carbonyl (C=O) groups is 1. The van der Waals surface area contributed by atoms with Crippen molar-refractivity contribution in [1.82, 2.24) is 0 Å². The highest BCUT2D eigenvalue weighted by Crippen LogP contribution is 2.42. The lowest BCUT2D eigenvalue weighted by molar-refractivity contribution is -0.110. The minimum absolute atomic E-state index is 0.266. The van der Waals surface area contributed by atoms with Crippen LogP contribution in [0.4, 0.5) is 0 Å². The average Bonchev–Trinajstić information content (AvgIpc) is 2.35. The normalized spacial score (nSPS) is 15.9. The first-order valence-corrected chi connectivity index (χ1v) is 5.23. The molecule has 0 atom stereocenters. The monoisotopic (exact) mass is 234 g/mol. The topological polar surface area (TPSA) is 17.1 Å². The molecule has 0 spiro atoms. The fourth-order valence-electron chi connectivity index (χ4n) is 0.872. The molecule has 0 saturated heterocycles. The van der Waals surface area contributed by atoms with Crippen molar-refractivity contribution in [1.29, 1.82) is 0 Å². The molecule has 0 aliphatic carbocycles. The molecule has 0 N–H and O–H groups in total. The standard InChI is InChI=1S/C6H3BrOS2/c7-3-2-9-4-1-5(8)10-6(3)4/h2H,1H2. The van der Waals surface area contributed by atoms with Gasteiger partial charge in [0.25, 0.3) is 0 Å². The van der Waals surface area contributed by atoms with Gasteiger partial charge in [0.1, 0.15) is 0 Å². The van der Waals surface area contributed by atoms with Crippen molar-refractivity contribution in [2.24, 2.45) is 0 Å². The fraction of sp³-hybridized carbons (Fsp3) is 0.167. The van der Waals surface area contributed by atoms with E-state index in [1.807, 2.05) is 5.38 Å². The van der Waals surface area contributed by atoms with Gasteiger partial charge in [0.2, 0.25) is 0 Å². The average molecular weight is 235 g/mol. The Morgan fingerprint density at radius 2 is 2.40 bits per heavy atom. The van der Waals surface area contributed by atoms with Crippen molar-refractivity contribution in [2.45, 2.75) is 11.3 Å². The summed E-state index contributed by atoms with van der Waals surface area (Å²) in [5.74, 6) is 0. The van der Waals surface area contributed by atoms with Gasteiger partial charge in [-0.15, -0.1) is 11.3 Å². The van der Waals surface area contributed by atoms with Crippen LogP contribution in [0.2, 0.25) is 0 Å². The molecule has 0 unspecified atom stereocenters. The predicted octanol–water partition coefficient (Wildman–Crippen LogP) is 2.69. The first-order chi connectivity index (χ1) is 4.77. The maximum absolute atomic E-state index is 10.9. The quantitative estimate of drug-likeness (QED) is 0.687. The molecule has 1 aromatic heterocycles. The Morgan fingerprint density at radius 1 is 1.60 bits per heavy atom. The van der Waals surface area contributed by atoms with Crippen LogP contribution in [0.15, 0.2) is 14.7 Å². The highest BCUT2D eigenvalue weighted by molar-refractivity contribution is 9.10. The van der Waals surface area contributed by atoms with E-state index in [1.165, 1.54) is 16.6 Å². The van der Waals surface area contributed by atoms with E-state index >= 15 is 0 Å². The molecule has 1 aliphatic heterocycles. The van der Waals surface area contributed by atoms with E-state index in [0.29, 0.717) is 6.42 Å². The van der Waals surface area contributed by atoms with Gasteiger partial charge in [0.15, 0.2) is 5.12 Å². The van der Waals surface area contributed by atoms with Crippen LogP contribution in [0, 0.1) is 0 Å². The second kappa shape index (κ2) is 2.36. The summed E-state index contributed by atoms with van der Waals surface area (Å²) in [7, 11) is 0. The first-order valence-electron chi connectivity index (χ1n) is 2.74. The molecule has 0 fully saturated rings. The van der Waals surface area contributed by atoms with Crippen LogP contribution < -0.4 is 0 Å². The van der Waals surface area contributed by atoms with Crippen molar-refractivity contribution in [3.63, 3.8) is 0 Å². The molecule has 52 valence electrons. The van der Waals surface area contributed by atoms with Crippen LogP contribution in [0.1, 0.15) is 4.88 Å².